The van der Waals surface area contributed by atoms with E-state index in [-0.39, 0.29) is 17.6 Å². The summed E-state index contributed by atoms with van der Waals surface area (Å²) >= 11 is 0. The van der Waals surface area contributed by atoms with E-state index in [2.05, 4.69) is 22.4 Å². The molecule has 1 N–H and O–H groups in total. The molecule has 2 heterocycles. The molecule has 2 aliphatic rings. The van der Waals surface area contributed by atoms with E-state index in [1.807, 2.05) is 17.0 Å². The van der Waals surface area contributed by atoms with Gasteiger partial charge in [0, 0.05) is 24.8 Å². The van der Waals surface area contributed by atoms with Crippen molar-refractivity contribution in [2.24, 2.45) is 0 Å². The lowest BCUT2D eigenvalue weighted by Crippen LogP contribution is -2.38. The van der Waals surface area contributed by atoms with E-state index in [9.17, 15) is 18.0 Å². The Morgan fingerprint density at radius 3 is 2.59 bits per heavy atom. The van der Waals surface area contributed by atoms with Gasteiger partial charge in [-0.3, -0.25) is 9.78 Å². The molecule has 2 fully saturated rings. The molecule has 1 aliphatic heterocycles. The van der Waals surface area contributed by atoms with Gasteiger partial charge in [-0.1, -0.05) is 24.3 Å². The molecule has 2 aromatic rings. The van der Waals surface area contributed by atoms with Gasteiger partial charge in [-0.2, -0.15) is 13.2 Å². The number of nitrogens with zero attached hydrogens (tertiary/aromatic N) is 2. The quantitative estimate of drug-likeness (QED) is 0.813. The predicted molar refractivity (Wildman–Crippen MR) is 105 cm³/mol. The zero-order valence-electron chi connectivity index (χ0n) is 16.3. The molecule has 29 heavy (non-hydrogen) atoms. The van der Waals surface area contributed by atoms with Crippen molar-refractivity contribution in [1.82, 2.24) is 10.3 Å². The normalized spacial score (nSPS) is 19.4. The van der Waals surface area contributed by atoms with Crippen LogP contribution in [0.5, 0.6) is 0 Å². The largest absolute Gasteiger partial charge is 0.418 e. The highest BCUT2D eigenvalue weighted by atomic mass is 19.4. The Labute approximate surface area is 168 Å². The van der Waals surface area contributed by atoms with Gasteiger partial charge in [0.1, 0.15) is 0 Å². The summed E-state index contributed by atoms with van der Waals surface area (Å²) in [4.78, 5) is 18.1. The topological polar surface area (TPSA) is 45.2 Å². The number of alkyl halides is 3. The fourth-order valence-corrected chi connectivity index (χ4v) is 3.88. The zero-order chi connectivity index (χ0) is 20.6. The molecule has 0 bridgehead atoms. The van der Waals surface area contributed by atoms with E-state index in [0.717, 1.165) is 11.6 Å². The number of pyridine rings is 1. The van der Waals surface area contributed by atoms with Crippen LogP contribution in [0.2, 0.25) is 0 Å². The van der Waals surface area contributed by atoms with Crippen molar-refractivity contribution in [1.29, 1.82) is 0 Å². The number of halogens is 3. The summed E-state index contributed by atoms with van der Waals surface area (Å²) in [6.45, 7) is 2.42. The molecule has 1 saturated carbocycles. The molecular formula is C22H24F3N3O. The summed E-state index contributed by atoms with van der Waals surface area (Å²) in [7, 11) is 0. The smallest absolute Gasteiger partial charge is 0.368 e. The summed E-state index contributed by atoms with van der Waals surface area (Å²) < 4.78 is 39.4. The SMILES string of the molecule is Cc1ncc(N2CC[C@@H](NC(=O)Cc3ccc(C4CC4)cc3)C2)cc1C(F)(F)F. The van der Waals surface area contributed by atoms with Crippen molar-refractivity contribution in [2.45, 2.75) is 50.7 Å². The monoisotopic (exact) mass is 403 g/mol. The first-order valence-corrected chi connectivity index (χ1v) is 9.96. The standard InChI is InChI=1S/C22H24F3N3O/c1-14-20(22(23,24)25)11-19(12-26-14)28-9-8-18(13-28)27-21(29)10-15-2-4-16(5-3-15)17-6-7-17/h2-5,11-12,17-18H,6-10,13H2,1H3,(H,27,29)/t18-/m1/s1. The molecule has 1 amide bonds. The molecule has 1 saturated heterocycles. The van der Waals surface area contributed by atoms with E-state index >= 15 is 0 Å². The molecule has 0 unspecified atom stereocenters. The highest BCUT2D eigenvalue weighted by Gasteiger charge is 2.34. The van der Waals surface area contributed by atoms with Crippen molar-refractivity contribution < 1.29 is 18.0 Å². The number of rotatable bonds is 5. The molecule has 1 atom stereocenters. The summed E-state index contributed by atoms with van der Waals surface area (Å²) in [5.41, 5.74) is 2.01. The maximum atomic E-state index is 13.1. The Hall–Kier alpha value is -2.57. The molecule has 1 aliphatic carbocycles. The van der Waals surface area contributed by atoms with Crippen LogP contribution in [0.4, 0.5) is 18.9 Å². The molecule has 0 spiro atoms. The van der Waals surface area contributed by atoms with Gasteiger partial charge >= 0.3 is 6.18 Å². The third kappa shape index (κ3) is 4.71. The summed E-state index contributed by atoms with van der Waals surface area (Å²) in [6, 6.07) is 9.27. The Balaban J connectivity index is 1.33. The minimum Gasteiger partial charge on any atom is -0.368 e. The first kappa shape index (κ1) is 19.7. The van der Waals surface area contributed by atoms with E-state index in [1.54, 1.807) is 0 Å². The van der Waals surface area contributed by atoms with Crippen molar-refractivity contribution in [3.8, 4) is 0 Å². The van der Waals surface area contributed by atoms with Gasteiger partial charge in [0.2, 0.25) is 5.91 Å². The average Bonchev–Trinajstić information content (AvgIpc) is 3.41. The maximum absolute atomic E-state index is 13.1. The molecule has 4 nitrogen and oxygen atoms in total. The van der Waals surface area contributed by atoms with E-state index < -0.39 is 11.7 Å². The van der Waals surface area contributed by atoms with Crippen molar-refractivity contribution in [3.05, 3.63) is 58.9 Å². The number of anilines is 1. The summed E-state index contributed by atoms with van der Waals surface area (Å²) in [5, 5.41) is 3.01. The highest BCUT2D eigenvalue weighted by Crippen LogP contribution is 2.40. The Morgan fingerprint density at radius 1 is 1.21 bits per heavy atom. The summed E-state index contributed by atoms with van der Waals surface area (Å²) in [5.74, 6) is 0.630. The number of carbonyl (C=O) groups is 1. The lowest BCUT2D eigenvalue weighted by Gasteiger charge is -2.21. The summed E-state index contributed by atoms with van der Waals surface area (Å²) in [6.07, 6.45) is 0.553. The number of nitrogens with one attached hydrogen (secondary N) is 1. The minimum absolute atomic E-state index is 0.0296. The van der Waals surface area contributed by atoms with E-state index in [4.69, 9.17) is 0 Å². The second-order valence-electron chi connectivity index (χ2n) is 8.02. The third-order valence-electron chi connectivity index (χ3n) is 5.69. The van der Waals surface area contributed by atoms with Gasteiger partial charge in [0.15, 0.2) is 0 Å². The number of hydrogen-bond acceptors (Lipinski definition) is 3. The van der Waals surface area contributed by atoms with Crippen LogP contribution in [0.1, 0.15) is 47.6 Å². The van der Waals surface area contributed by atoms with Crippen LogP contribution in [-0.2, 0) is 17.4 Å². The lowest BCUT2D eigenvalue weighted by atomic mass is 10.1. The van der Waals surface area contributed by atoms with Crippen LogP contribution < -0.4 is 10.2 Å². The van der Waals surface area contributed by atoms with Gasteiger partial charge in [0.05, 0.1) is 23.9 Å². The first-order chi connectivity index (χ1) is 13.8. The Bertz CT molecular complexity index is 891. The van der Waals surface area contributed by atoms with Crippen LogP contribution in [0, 0.1) is 6.92 Å². The lowest BCUT2D eigenvalue weighted by molar-refractivity contribution is -0.138. The molecule has 1 aromatic carbocycles. The second kappa shape index (κ2) is 7.69. The molecule has 1 aromatic heterocycles. The molecule has 7 heteroatoms. The third-order valence-corrected chi connectivity index (χ3v) is 5.69. The minimum atomic E-state index is -4.42. The fourth-order valence-electron chi connectivity index (χ4n) is 3.88. The first-order valence-electron chi connectivity index (χ1n) is 9.96. The van der Waals surface area contributed by atoms with Gasteiger partial charge in [-0.25, -0.2) is 0 Å². The van der Waals surface area contributed by atoms with Crippen LogP contribution >= 0.6 is 0 Å². The highest BCUT2D eigenvalue weighted by molar-refractivity contribution is 5.79. The molecule has 0 radical (unpaired) electrons. The van der Waals surface area contributed by atoms with Crippen LogP contribution in [0.25, 0.3) is 0 Å². The van der Waals surface area contributed by atoms with Crippen LogP contribution in [0.3, 0.4) is 0 Å². The number of benzene rings is 1. The molecule has 4 rings (SSSR count). The van der Waals surface area contributed by atoms with Crippen molar-refractivity contribution >= 4 is 11.6 Å². The van der Waals surface area contributed by atoms with Crippen molar-refractivity contribution in [3.63, 3.8) is 0 Å². The van der Waals surface area contributed by atoms with Crippen LogP contribution in [0.15, 0.2) is 36.5 Å². The van der Waals surface area contributed by atoms with Gasteiger partial charge < -0.3 is 10.2 Å². The van der Waals surface area contributed by atoms with Gasteiger partial charge in [-0.15, -0.1) is 0 Å². The Kier molecular flexibility index (Phi) is 5.23. The maximum Gasteiger partial charge on any atom is 0.418 e. The Morgan fingerprint density at radius 2 is 1.93 bits per heavy atom. The van der Waals surface area contributed by atoms with E-state index in [1.165, 1.54) is 31.5 Å². The predicted octanol–water partition coefficient (Wildman–Crippen LogP) is 4.22. The molecule has 154 valence electrons. The average molecular weight is 403 g/mol. The van der Waals surface area contributed by atoms with Gasteiger partial charge in [-0.05, 0) is 49.3 Å². The number of hydrogen-bond donors (Lipinski definition) is 1. The zero-order valence-corrected chi connectivity index (χ0v) is 16.3. The fraction of sp³-hybridized carbons (Fsp3) is 0.455. The number of carbonyl (C=O) groups excluding carboxylic acids is 1. The van der Waals surface area contributed by atoms with E-state index in [0.29, 0.717) is 37.5 Å². The number of aromatic nitrogens is 1. The van der Waals surface area contributed by atoms with Crippen LogP contribution in [-0.4, -0.2) is 30.0 Å². The second-order valence-corrected chi connectivity index (χ2v) is 8.02. The molecular weight excluding hydrogens is 379 g/mol. The number of aryl methyl sites for hydroxylation is 1. The van der Waals surface area contributed by atoms with Gasteiger partial charge in [0.25, 0.3) is 0 Å². The number of amides is 1. The van der Waals surface area contributed by atoms with Crippen molar-refractivity contribution in [2.75, 3.05) is 18.0 Å².